The van der Waals surface area contributed by atoms with E-state index in [0.29, 0.717) is 0 Å². The molecule has 6 heteroatoms. The van der Waals surface area contributed by atoms with E-state index in [1.807, 2.05) is 0 Å². The minimum Gasteiger partial charge on any atom is -0.444 e. The maximum atomic E-state index is 14.1. The number of ether oxygens (including phenoxy) is 1. The van der Waals surface area contributed by atoms with Crippen molar-refractivity contribution in [2.24, 2.45) is 17.8 Å². The first-order valence-corrected chi connectivity index (χ1v) is 8.24. The van der Waals surface area contributed by atoms with Crippen LogP contribution in [0.3, 0.4) is 0 Å². The van der Waals surface area contributed by atoms with Crippen LogP contribution in [0.4, 0.5) is 9.18 Å². The Morgan fingerprint density at radius 2 is 1.50 bits per heavy atom. The number of nitrogens with one attached hydrogen (secondary N) is 1. The second-order valence-electron chi connectivity index (χ2n) is 7.40. The van der Waals surface area contributed by atoms with Gasteiger partial charge in [0, 0.05) is 24.8 Å². The predicted octanol–water partition coefficient (Wildman–Crippen LogP) is 3.82. The van der Waals surface area contributed by atoms with Crippen LogP contribution in [0.5, 0.6) is 0 Å². The van der Waals surface area contributed by atoms with Crippen molar-refractivity contribution in [3.63, 3.8) is 0 Å². The molecule has 0 spiro atoms. The summed E-state index contributed by atoms with van der Waals surface area (Å²) in [5, 5.41) is 2.40. The molecule has 24 heavy (non-hydrogen) atoms. The number of amides is 1. The monoisotopic (exact) mass is 343 g/mol. The number of ketones is 2. The van der Waals surface area contributed by atoms with Gasteiger partial charge in [-0.25, -0.2) is 9.18 Å². The van der Waals surface area contributed by atoms with Gasteiger partial charge in [-0.3, -0.25) is 9.59 Å². The van der Waals surface area contributed by atoms with Crippen LogP contribution in [0.15, 0.2) is 11.9 Å². The summed E-state index contributed by atoms with van der Waals surface area (Å²) < 4.78 is 19.1. The SMILES string of the molecule is CC(C)C(=O)C(CC(F)=CCNC(=O)OC(C)(C)C)C(=O)C(C)C. The highest BCUT2D eigenvalue weighted by atomic mass is 19.1. The number of halogens is 1. The predicted molar refractivity (Wildman–Crippen MR) is 91.2 cm³/mol. The van der Waals surface area contributed by atoms with Crippen molar-refractivity contribution in [1.29, 1.82) is 0 Å². The molecule has 0 aliphatic carbocycles. The molecular weight excluding hydrogens is 313 g/mol. The summed E-state index contributed by atoms with van der Waals surface area (Å²) in [7, 11) is 0. The third-order valence-electron chi connectivity index (χ3n) is 3.19. The van der Waals surface area contributed by atoms with Crippen LogP contribution in [-0.2, 0) is 14.3 Å². The number of carbonyl (C=O) groups excluding carboxylic acids is 3. The number of allylic oxidation sites excluding steroid dienone is 1. The van der Waals surface area contributed by atoms with E-state index in [2.05, 4.69) is 5.32 Å². The molecule has 0 bridgehead atoms. The van der Waals surface area contributed by atoms with Gasteiger partial charge in [0.1, 0.15) is 17.2 Å². The fraction of sp³-hybridized carbons (Fsp3) is 0.722. The third-order valence-corrected chi connectivity index (χ3v) is 3.19. The fourth-order valence-electron chi connectivity index (χ4n) is 1.98. The molecule has 0 saturated carbocycles. The summed E-state index contributed by atoms with van der Waals surface area (Å²) in [4.78, 5) is 35.8. The summed E-state index contributed by atoms with van der Waals surface area (Å²) in [6, 6.07) is 0. The Kier molecular flexibility index (Phi) is 8.86. The lowest BCUT2D eigenvalue weighted by molar-refractivity contribution is -0.136. The number of carbonyl (C=O) groups is 3. The molecule has 138 valence electrons. The zero-order chi connectivity index (χ0) is 19.1. The maximum Gasteiger partial charge on any atom is 0.407 e. The Balaban J connectivity index is 4.76. The molecule has 1 amide bonds. The van der Waals surface area contributed by atoms with Crippen molar-refractivity contribution >= 4 is 17.7 Å². The van der Waals surface area contributed by atoms with Crippen molar-refractivity contribution in [2.45, 2.75) is 60.5 Å². The molecule has 0 rings (SSSR count). The number of rotatable bonds is 8. The highest BCUT2D eigenvalue weighted by molar-refractivity contribution is 6.04. The number of hydrogen-bond acceptors (Lipinski definition) is 4. The first-order valence-electron chi connectivity index (χ1n) is 8.24. The van der Waals surface area contributed by atoms with Gasteiger partial charge in [0.25, 0.3) is 0 Å². The molecule has 0 saturated heterocycles. The van der Waals surface area contributed by atoms with Crippen molar-refractivity contribution in [1.82, 2.24) is 5.32 Å². The average molecular weight is 343 g/mol. The van der Waals surface area contributed by atoms with E-state index < -0.39 is 23.4 Å². The molecule has 1 N–H and O–H groups in total. The minimum atomic E-state index is -0.984. The molecule has 0 atom stereocenters. The van der Waals surface area contributed by atoms with E-state index in [4.69, 9.17) is 4.74 Å². The van der Waals surface area contributed by atoms with Gasteiger partial charge in [0.15, 0.2) is 0 Å². The molecular formula is C18H30FNO4. The molecule has 0 radical (unpaired) electrons. The van der Waals surface area contributed by atoms with Crippen molar-refractivity contribution in [3.8, 4) is 0 Å². The van der Waals surface area contributed by atoms with Crippen molar-refractivity contribution in [3.05, 3.63) is 11.9 Å². The fourth-order valence-corrected chi connectivity index (χ4v) is 1.98. The molecule has 0 fully saturated rings. The lowest BCUT2D eigenvalue weighted by Crippen LogP contribution is -2.33. The average Bonchev–Trinajstić information content (AvgIpc) is 2.40. The van der Waals surface area contributed by atoms with Gasteiger partial charge >= 0.3 is 6.09 Å². The molecule has 5 nitrogen and oxygen atoms in total. The van der Waals surface area contributed by atoms with Gasteiger partial charge in [0.05, 0.1) is 11.7 Å². The summed E-state index contributed by atoms with van der Waals surface area (Å²) in [6.45, 7) is 11.9. The number of alkyl carbamates (subject to hydrolysis) is 1. The van der Waals surface area contributed by atoms with E-state index in [0.717, 1.165) is 6.08 Å². The second kappa shape index (κ2) is 9.55. The Labute approximate surface area is 144 Å². The number of hydrogen-bond donors (Lipinski definition) is 1. The minimum absolute atomic E-state index is 0.0702. The van der Waals surface area contributed by atoms with Gasteiger partial charge in [-0.1, -0.05) is 27.7 Å². The van der Waals surface area contributed by atoms with Gasteiger partial charge in [-0.2, -0.15) is 0 Å². The van der Waals surface area contributed by atoms with Crippen LogP contribution in [0.2, 0.25) is 0 Å². The Hall–Kier alpha value is -1.72. The van der Waals surface area contributed by atoms with E-state index in [-0.39, 0.29) is 36.4 Å². The smallest absolute Gasteiger partial charge is 0.407 e. The van der Waals surface area contributed by atoms with Crippen LogP contribution >= 0.6 is 0 Å². The highest BCUT2D eigenvalue weighted by Crippen LogP contribution is 2.21. The Morgan fingerprint density at radius 1 is 1.04 bits per heavy atom. The Morgan fingerprint density at radius 3 is 1.88 bits per heavy atom. The maximum absolute atomic E-state index is 14.1. The normalized spacial score (nSPS) is 12.7. The van der Waals surface area contributed by atoms with Crippen LogP contribution < -0.4 is 5.32 Å². The first-order chi connectivity index (χ1) is 10.8. The van der Waals surface area contributed by atoms with Gasteiger partial charge in [0.2, 0.25) is 0 Å². The highest BCUT2D eigenvalue weighted by Gasteiger charge is 2.30. The molecule has 0 aromatic heterocycles. The molecule has 0 aromatic carbocycles. The third kappa shape index (κ3) is 8.79. The lowest BCUT2D eigenvalue weighted by Gasteiger charge is -2.19. The summed E-state index contributed by atoms with van der Waals surface area (Å²) in [5.74, 6) is -2.80. The molecule has 0 aliphatic heterocycles. The summed E-state index contributed by atoms with van der Waals surface area (Å²) in [5.41, 5.74) is -0.634. The van der Waals surface area contributed by atoms with Crippen LogP contribution in [0, 0.1) is 17.8 Å². The van der Waals surface area contributed by atoms with Gasteiger partial charge in [-0.05, 0) is 26.8 Å². The molecule has 0 aliphatic rings. The zero-order valence-electron chi connectivity index (χ0n) is 15.7. The van der Waals surface area contributed by atoms with Crippen molar-refractivity contribution in [2.75, 3.05) is 6.54 Å². The van der Waals surface area contributed by atoms with Gasteiger partial charge < -0.3 is 10.1 Å². The zero-order valence-corrected chi connectivity index (χ0v) is 15.7. The lowest BCUT2D eigenvalue weighted by atomic mass is 9.84. The number of Topliss-reactive ketones (excluding diaryl/α,β-unsaturated/α-hetero) is 2. The topological polar surface area (TPSA) is 72.5 Å². The summed E-state index contributed by atoms with van der Waals surface area (Å²) in [6.07, 6.45) is 0.224. The van der Waals surface area contributed by atoms with Crippen LogP contribution in [0.25, 0.3) is 0 Å². The Bertz CT molecular complexity index is 470. The van der Waals surface area contributed by atoms with E-state index in [9.17, 15) is 18.8 Å². The van der Waals surface area contributed by atoms with Crippen LogP contribution in [-0.4, -0.2) is 29.8 Å². The molecule has 0 aromatic rings. The summed E-state index contributed by atoms with van der Waals surface area (Å²) >= 11 is 0. The largest absolute Gasteiger partial charge is 0.444 e. The van der Waals surface area contributed by atoms with Crippen LogP contribution in [0.1, 0.15) is 54.9 Å². The molecule has 0 unspecified atom stereocenters. The van der Waals surface area contributed by atoms with Crippen molar-refractivity contribution < 1.29 is 23.5 Å². The van der Waals surface area contributed by atoms with Gasteiger partial charge in [-0.15, -0.1) is 0 Å². The van der Waals surface area contributed by atoms with E-state index >= 15 is 0 Å². The second-order valence-corrected chi connectivity index (χ2v) is 7.40. The van der Waals surface area contributed by atoms with E-state index in [1.54, 1.807) is 48.5 Å². The first kappa shape index (κ1) is 22.3. The molecule has 0 heterocycles. The standard InChI is InChI=1S/C18H30FNO4/c1-11(2)15(21)14(16(22)12(3)4)10-13(19)8-9-20-17(23)24-18(5,6)7/h8,11-12,14H,9-10H2,1-7H3,(H,20,23). The quantitative estimate of drug-likeness (QED) is 0.680. The van der Waals surface area contributed by atoms with E-state index in [1.165, 1.54) is 0 Å².